The van der Waals surface area contributed by atoms with E-state index in [0.717, 1.165) is 22.0 Å². The quantitative estimate of drug-likeness (QED) is 0.368. The van der Waals surface area contributed by atoms with Gasteiger partial charge >= 0.3 is 0 Å². The molecule has 2 atom stereocenters. The number of carbonyl (C=O) groups excluding carboxylic acids is 2. The van der Waals surface area contributed by atoms with Gasteiger partial charge in [0.1, 0.15) is 0 Å². The van der Waals surface area contributed by atoms with Crippen LogP contribution in [0, 0.1) is 6.92 Å². The summed E-state index contributed by atoms with van der Waals surface area (Å²) in [5, 5.41) is 4.53. The SMILES string of the molecule is COCCN1C(=O)c2ccccc2[C@@H](C(=O)Nc2ccc(C)cc2Cl)[C@@H]1c1cn(C)c2ccccc12. The molecule has 0 fully saturated rings. The average Bonchev–Trinajstić information content (AvgIpc) is 3.21. The maximum Gasteiger partial charge on any atom is 0.254 e. The van der Waals surface area contributed by atoms with Gasteiger partial charge in [-0.25, -0.2) is 0 Å². The molecule has 1 aliphatic rings. The van der Waals surface area contributed by atoms with Crippen LogP contribution in [0.25, 0.3) is 10.9 Å². The van der Waals surface area contributed by atoms with Crippen LogP contribution >= 0.6 is 11.6 Å². The standard InChI is InChI=1S/C29H28ClN3O3/c1-18-12-13-24(23(30)16-18)31-28(34)26-20-9-4-5-10-21(20)29(35)33(14-15-36-3)27(26)22-17-32(2)25-11-7-6-8-19(22)25/h4-13,16-17,26-27H,14-15H2,1-3H3,(H,31,34)/t26-,27+/m1/s1. The number of fused-ring (bicyclic) bond motifs is 2. The zero-order chi connectivity index (χ0) is 25.4. The molecule has 0 saturated carbocycles. The van der Waals surface area contributed by atoms with E-state index in [1.165, 1.54) is 0 Å². The molecule has 5 rings (SSSR count). The molecule has 7 heteroatoms. The van der Waals surface area contributed by atoms with Crippen LogP contribution in [0.5, 0.6) is 0 Å². The normalized spacial score (nSPS) is 17.3. The molecule has 6 nitrogen and oxygen atoms in total. The molecule has 1 aliphatic heterocycles. The molecule has 0 unspecified atom stereocenters. The molecule has 0 aliphatic carbocycles. The molecule has 1 aromatic heterocycles. The van der Waals surface area contributed by atoms with E-state index >= 15 is 0 Å². The molecule has 0 saturated heterocycles. The monoisotopic (exact) mass is 501 g/mol. The molecule has 2 amide bonds. The second-order valence-corrected chi connectivity index (χ2v) is 9.59. The van der Waals surface area contributed by atoms with Crippen molar-refractivity contribution in [1.82, 2.24) is 9.47 Å². The van der Waals surface area contributed by atoms with Gasteiger partial charge in [-0.15, -0.1) is 0 Å². The number of methoxy groups -OCH3 is 1. The summed E-state index contributed by atoms with van der Waals surface area (Å²) in [7, 11) is 3.59. The van der Waals surface area contributed by atoms with E-state index < -0.39 is 12.0 Å². The topological polar surface area (TPSA) is 63.6 Å². The Bertz CT molecular complexity index is 1460. The van der Waals surface area contributed by atoms with Crippen molar-refractivity contribution in [2.45, 2.75) is 18.9 Å². The van der Waals surface area contributed by atoms with Crippen molar-refractivity contribution in [1.29, 1.82) is 0 Å². The van der Waals surface area contributed by atoms with Gasteiger partial charge < -0.3 is 19.5 Å². The van der Waals surface area contributed by atoms with Gasteiger partial charge in [0.2, 0.25) is 5.91 Å². The first-order valence-corrected chi connectivity index (χ1v) is 12.3. The lowest BCUT2D eigenvalue weighted by molar-refractivity contribution is -0.119. The third-order valence-corrected chi connectivity index (χ3v) is 7.20. The zero-order valence-corrected chi connectivity index (χ0v) is 21.3. The molecule has 0 radical (unpaired) electrons. The Kier molecular flexibility index (Phi) is 6.56. The third-order valence-electron chi connectivity index (χ3n) is 6.89. The van der Waals surface area contributed by atoms with Crippen molar-refractivity contribution in [2.24, 2.45) is 7.05 Å². The lowest BCUT2D eigenvalue weighted by atomic mass is 9.79. The zero-order valence-electron chi connectivity index (χ0n) is 20.5. The highest BCUT2D eigenvalue weighted by atomic mass is 35.5. The molecule has 0 bridgehead atoms. The van der Waals surface area contributed by atoms with Crippen LogP contribution in [-0.4, -0.2) is 41.5 Å². The highest BCUT2D eigenvalue weighted by Gasteiger charge is 2.45. The highest BCUT2D eigenvalue weighted by Crippen LogP contribution is 2.45. The van der Waals surface area contributed by atoms with E-state index in [0.29, 0.717) is 35.0 Å². The summed E-state index contributed by atoms with van der Waals surface area (Å²) in [5.41, 5.74) is 4.73. The Morgan fingerprint density at radius 3 is 2.58 bits per heavy atom. The number of benzene rings is 3. The lowest BCUT2D eigenvalue weighted by Crippen LogP contribution is -2.47. The number of carbonyl (C=O) groups is 2. The van der Waals surface area contributed by atoms with Crippen molar-refractivity contribution in [3.8, 4) is 0 Å². The minimum absolute atomic E-state index is 0.113. The number of anilines is 1. The van der Waals surface area contributed by atoms with Gasteiger partial charge in [-0.3, -0.25) is 9.59 Å². The predicted molar refractivity (Wildman–Crippen MR) is 143 cm³/mol. The highest BCUT2D eigenvalue weighted by molar-refractivity contribution is 6.33. The number of nitrogens with zero attached hydrogens (tertiary/aromatic N) is 2. The van der Waals surface area contributed by atoms with Crippen LogP contribution in [0.4, 0.5) is 5.69 Å². The Morgan fingerprint density at radius 1 is 1.06 bits per heavy atom. The Morgan fingerprint density at radius 2 is 1.81 bits per heavy atom. The number of ether oxygens (including phenoxy) is 1. The van der Waals surface area contributed by atoms with Crippen LogP contribution < -0.4 is 5.32 Å². The fourth-order valence-electron chi connectivity index (χ4n) is 5.20. The van der Waals surface area contributed by atoms with E-state index in [1.54, 1.807) is 18.1 Å². The number of halogens is 1. The third kappa shape index (κ3) is 4.16. The van der Waals surface area contributed by atoms with Gasteiger partial charge in [0.25, 0.3) is 5.91 Å². The lowest BCUT2D eigenvalue weighted by Gasteiger charge is -2.41. The first-order chi connectivity index (χ1) is 17.4. The minimum Gasteiger partial charge on any atom is -0.383 e. The first-order valence-electron chi connectivity index (χ1n) is 11.9. The van der Waals surface area contributed by atoms with E-state index in [2.05, 4.69) is 5.32 Å². The summed E-state index contributed by atoms with van der Waals surface area (Å²) in [5.74, 6) is -0.988. The van der Waals surface area contributed by atoms with Crippen LogP contribution in [0.1, 0.15) is 39.0 Å². The number of rotatable bonds is 6. The summed E-state index contributed by atoms with van der Waals surface area (Å²) in [4.78, 5) is 29.6. The molecular weight excluding hydrogens is 474 g/mol. The summed E-state index contributed by atoms with van der Waals surface area (Å²) >= 11 is 6.47. The van der Waals surface area contributed by atoms with Crippen LogP contribution in [0.15, 0.2) is 72.9 Å². The van der Waals surface area contributed by atoms with Gasteiger partial charge in [0.15, 0.2) is 0 Å². The van der Waals surface area contributed by atoms with Gasteiger partial charge in [-0.2, -0.15) is 0 Å². The molecule has 0 spiro atoms. The molecular formula is C29H28ClN3O3. The average molecular weight is 502 g/mol. The van der Waals surface area contributed by atoms with E-state index in [4.69, 9.17) is 16.3 Å². The predicted octanol–water partition coefficient (Wildman–Crippen LogP) is 5.71. The Balaban J connectivity index is 1.69. The second kappa shape index (κ2) is 9.80. The number of para-hydroxylation sites is 1. The Hall–Kier alpha value is -3.61. The summed E-state index contributed by atoms with van der Waals surface area (Å²) in [6.45, 7) is 2.66. The van der Waals surface area contributed by atoms with Crippen LogP contribution in [-0.2, 0) is 16.6 Å². The smallest absolute Gasteiger partial charge is 0.254 e. The number of amides is 2. The van der Waals surface area contributed by atoms with Gasteiger partial charge in [0.05, 0.1) is 29.3 Å². The van der Waals surface area contributed by atoms with Crippen molar-refractivity contribution in [3.05, 3.63) is 100 Å². The molecule has 2 heterocycles. The Labute approximate surface area is 215 Å². The maximum atomic E-state index is 14.1. The number of aryl methyl sites for hydroxylation is 2. The van der Waals surface area contributed by atoms with Crippen molar-refractivity contribution >= 4 is 40.0 Å². The van der Waals surface area contributed by atoms with E-state index in [1.807, 2.05) is 85.4 Å². The molecule has 3 aromatic carbocycles. The largest absolute Gasteiger partial charge is 0.383 e. The summed E-state index contributed by atoms with van der Waals surface area (Å²) in [6, 6.07) is 20.4. The van der Waals surface area contributed by atoms with Crippen LogP contribution in [0.2, 0.25) is 5.02 Å². The summed E-state index contributed by atoms with van der Waals surface area (Å²) in [6.07, 6.45) is 2.02. The molecule has 36 heavy (non-hydrogen) atoms. The summed E-state index contributed by atoms with van der Waals surface area (Å²) < 4.78 is 7.40. The number of hydrogen-bond acceptors (Lipinski definition) is 3. The fraction of sp³-hybridized carbons (Fsp3) is 0.241. The van der Waals surface area contributed by atoms with Gasteiger partial charge in [-0.05, 0) is 42.3 Å². The fourth-order valence-corrected chi connectivity index (χ4v) is 5.48. The first kappa shape index (κ1) is 24.1. The van der Waals surface area contributed by atoms with E-state index in [-0.39, 0.29) is 11.8 Å². The minimum atomic E-state index is -0.654. The maximum absolute atomic E-state index is 14.1. The van der Waals surface area contributed by atoms with Crippen LogP contribution in [0.3, 0.4) is 0 Å². The number of aromatic nitrogens is 1. The second-order valence-electron chi connectivity index (χ2n) is 9.19. The molecule has 184 valence electrons. The molecule has 4 aromatic rings. The van der Waals surface area contributed by atoms with Crippen molar-refractivity contribution in [2.75, 3.05) is 25.6 Å². The number of nitrogens with one attached hydrogen (secondary N) is 1. The number of hydrogen-bond donors (Lipinski definition) is 1. The van der Waals surface area contributed by atoms with E-state index in [9.17, 15) is 9.59 Å². The van der Waals surface area contributed by atoms with Gasteiger partial charge in [0, 0.05) is 48.9 Å². The molecule has 1 N–H and O–H groups in total. The van der Waals surface area contributed by atoms with Gasteiger partial charge in [-0.1, -0.05) is 54.1 Å². The van der Waals surface area contributed by atoms with Crippen molar-refractivity contribution in [3.63, 3.8) is 0 Å². The van der Waals surface area contributed by atoms with Crippen molar-refractivity contribution < 1.29 is 14.3 Å².